The predicted octanol–water partition coefficient (Wildman–Crippen LogP) is 2.73. The molecule has 2 rings (SSSR count). The van der Waals surface area contributed by atoms with Crippen LogP contribution in [0.5, 0.6) is 0 Å². The SMILES string of the molecule is Cc1cccc(CNC(=O)CNC(=O)c2ccc(C(C)(C)C)cc2)n1. The molecule has 1 aromatic carbocycles. The molecule has 25 heavy (non-hydrogen) atoms. The first kappa shape index (κ1) is 18.6. The van der Waals surface area contributed by atoms with Crippen LogP contribution in [0.25, 0.3) is 0 Å². The topological polar surface area (TPSA) is 71.1 Å². The van der Waals surface area contributed by atoms with Gasteiger partial charge in [0.1, 0.15) is 0 Å². The summed E-state index contributed by atoms with van der Waals surface area (Å²) in [5.74, 6) is -0.507. The number of carbonyl (C=O) groups excluding carboxylic acids is 2. The number of aryl methyl sites for hydroxylation is 1. The quantitative estimate of drug-likeness (QED) is 0.880. The lowest BCUT2D eigenvalue weighted by Crippen LogP contribution is -2.36. The van der Waals surface area contributed by atoms with Gasteiger partial charge in [-0.05, 0) is 42.2 Å². The van der Waals surface area contributed by atoms with E-state index in [4.69, 9.17) is 0 Å². The van der Waals surface area contributed by atoms with Crippen LogP contribution < -0.4 is 10.6 Å². The lowest BCUT2D eigenvalue weighted by molar-refractivity contribution is -0.120. The Bertz CT molecular complexity index is 746. The zero-order valence-corrected chi connectivity index (χ0v) is 15.2. The molecule has 0 aliphatic rings. The van der Waals surface area contributed by atoms with Gasteiger partial charge in [0.05, 0.1) is 18.8 Å². The highest BCUT2D eigenvalue weighted by Gasteiger charge is 2.14. The van der Waals surface area contributed by atoms with E-state index in [2.05, 4.69) is 36.4 Å². The van der Waals surface area contributed by atoms with E-state index in [1.165, 1.54) is 0 Å². The van der Waals surface area contributed by atoms with E-state index in [1.54, 1.807) is 12.1 Å². The van der Waals surface area contributed by atoms with Crippen molar-refractivity contribution in [3.05, 3.63) is 65.0 Å². The average molecular weight is 339 g/mol. The van der Waals surface area contributed by atoms with Crippen molar-refractivity contribution >= 4 is 11.8 Å². The summed E-state index contributed by atoms with van der Waals surface area (Å²) < 4.78 is 0. The molecule has 0 spiro atoms. The third kappa shape index (κ3) is 5.71. The van der Waals surface area contributed by atoms with Crippen LogP contribution in [0.2, 0.25) is 0 Å². The van der Waals surface area contributed by atoms with E-state index >= 15 is 0 Å². The molecule has 0 bridgehead atoms. The maximum atomic E-state index is 12.1. The third-order valence-electron chi connectivity index (χ3n) is 3.84. The number of hydrogen-bond acceptors (Lipinski definition) is 3. The largest absolute Gasteiger partial charge is 0.349 e. The molecule has 2 amide bonds. The highest BCUT2D eigenvalue weighted by molar-refractivity contribution is 5.96. The van der Waals surface area contributed by atoms with Crippen molar-refractivity contribution < 1.29 is 9.59 Å². The molecule has 0 aliphatic heterocycles. The summed E-state index contributed by atoms with van der Waals surface area (Å²) in [5.41, 5.74) is 3.43. The molecule has 5 nitrogen and oxygen atoms in total. The molecule has 0 atom stereocenters. The second-order valence-corrected chi connectivity index (χ2v) is 7.06. The zero-order valence-electron chi connectivity index (χ0n) is 15.2. The van der Waals surface area contributed by atoms with Gasteiger partial charge < -0.3 is 10.6 Å². The molecule has 1 heterocycles. The van der Waals surface area contributed by atoms with Crippen LogP contribution in [0.3, 0.4) is 0 Å². The Hall–Kier alpha value is -2.69. The molecule has 0 radical (unpaired) electrons. The monoisotopic (exact) mass is 339 g/mol. The number of nitrogens with zero attached hydrogens (tertiary/aromatic N) is 1. The standard InChI is InChI=1S/C20H25N3O2/c1-14-6-5-7-17(23-14)12-21-18(24)13-22-19(25)15-8-10-16(11-9-15)20(2,3)4/h5-11H,12-13H2,1-4H3,(H,21,24)(H,22,25). The van der Waals surface area contributed by atoms with Gasteiger partial charge in [0.2, 0.25) is 5.91 Å². The van der Waals surface area contributed by atoms with Gasteiger partial charge in [-0.3, -0.25) is 14.6 Å². The number of nitrogens with one attached hydrogen (secondary N) is 2. The van der Waals surface area contributed by atoms with Crippen molar-refractivity contribution in [3.63, 3.8) is 0 Å². The minimum atomic E-state index is -0.260. The first-order valence-electron chi connectivity index (χ1n) is 8.34. The highest BCUT2D eigenvalue weighted by Crippen LogP contribution is 2.22. The average Bonchev–Trinajstić information content (AvgIpc) is 2.57. The Morgan fingerprint density at radius 1 is 1.00 bits per heavy atom. The second kappa shape index (κ2) is 7.92. The summed E-state index contributed by atoms with van der Waals surface area (Å²) in [6.07, 6.45) is 0. The van der Waals surface area contributed by atoms with Gasteiger partial charge in [-0.2, -0.15) is 0 Å². The van der Waals surface area contributed by atoms with Crippen LogP contribution in [0.15, 0.2) is 42.5 Å². The molecule has 0 saturated carbocycles. The molecule has 0 fully saturated rings. The minimum absolute atomic E-state index is 0.0404. The van der Waals surface area contributed by atoms with Crippen molar-refractivity contribution in [2.24, 2.45) is 0 Å². The molecule has 132 valence electrons. The van der Waals surface area contributed by atoms with E-state index < -0.39 is 0 Å². The molecule has 2 aromatic rings. The molecule has 1 aromatic heterocycles. The van der Waals surface area contributed by atoms with Crippen molar-refractivity contribution in [2.45, 2.75) is 39.7 Å². The summed E-state index contributed by atoms with van der Waals surface area (Å²) in [6, 6.07) is 13.1. The van der Waals surface area contributed by atoms with Gasteiger partial charge in [-0.15, -0.1) is 0 Å². The van der Waals surface area contributed by atoms with E-state index in [-0.39, 0.29) is 23.8 Å². The van der Waals surface area contributed by atoms with Crippen LogP contribution in [0, 0.1) is 6.92 Å². The van der Waals surface area contributed by atoms with E-state index in [0.29, 0.717) is 12.1 Å². The van der Waals surface area contributed by atoms with Gasteiger partial charge in [0.25, 0.3) is 5.91 Å². The molecular weight excluding hydrogens is 314 g/mol. The first-order valence-corrected chi connectivity index (χ1v) is 8.34. The van der Waals surface area contributed by atoms with Crippen LogP contribution in [0.4, 0.5) is 0 Å². The predicted molar refractivity (Wildman–Crippen MR) is 98.3 cm³/mol. The number of rotatable bonds is 5. The molecule has 0 aliphatic carbocycles. The van der Waals surface area contributed by atoms with Gasteiger partial charge in [0, 0.05) is 11.3 Å². The van der Waals surface area contributed by atoms with E-state index in [0.717, 1.165) is 17.0 Å². The van der Waals surface area contributed by atoms with E-state index in [1.807, 2.05) is 37.3 Å². The van der Waals surface area contributed by atoms with Crippen LogP contribution >= 0.6 is 0 Å². The Morgan fingerprint density at radius 3 is 2.28 bits per heavy atom. The van der Waals surface area contributed by atoms with Gasteiger partial charge in [0.15, 0.2) is 0 Å². The number of benzene rings is 1. The Labute approximate surface area is 148 Å². The van der Waals surface area contributed by atoms with Crippen molar-refractivity contribution in [1.82, 2.24) is 15.6 Å². The summed E-state index contributed by atoms with van der Waals surface area (Å²) in [5, 5.41) is 5.38. The Balaban J connectivity index is 1.82. The van der Waals surface area contributed by atoms with Gasteiger partial charge in [-0.1, -0.05) is 39.0 Å². The van der Waals surface area contributed by atoms with Gasteiger partial charge >= 0.3 is 0 Å². The normalized spacial score (nSPS) is 11.0. The number of hydrogen-bond donors (Lipinski definition) is 2. The highest BCUT2D eigenvalue weighted by atomic mass is 16.2. The lowest BCUT2D eigenvalue weighted by atomic mass is 9.87. The molecule has 2 N–H and O–H groups in total. The number of carbonyl (C=O) groups is 2. The van der Waals surface area contributed by atoms with Crippen molar-refractivity contribution in [2.75, 3.05) is 6.54 Å². The summed E-state index contributed by atoms with van der Waals surface area (Å²) >= 11 is 0. The van der Waals surface area contributed by atoms with Crippen LogP contribution in [-0.4, -0.2) is 23.3 Å². The zero-order chi connectivity index (χ0) is 18.4. The Morgan fingerprint density at radius 2 is 1.68 bits per heavy atom. The maximum Gasteiger partial charge on any atom is 0.251 e. The second-order valence-electron chi connectivity index (χ2n) is 7.06. The van der Waals surface area contributed by atoms with E-state index in [9.17, 15) is 9.59 Å². The fraction of sp³-hybridized carbons (Fsp3) is 0.350. The van der Waals surface area contributed by atoms with Crippen molar-refractivity contribution in [1.29, 1.82) is 0 Å². The van der Waals surface area contributed by atoms with Crippen LogP contribution in [0.1, 0.15) is 48.1 Å². The molecule has 0 saturated heterocycles. The molecule has 5 heteroatoms. The number of aromatic nitrogens is 1. The smallest absolute Gasteiger partial charge is 0.251 e. The van der Waals surface area contributed by atoms with Crippen LogP contribution in [-0.2, 0) is 16.8 Å². The molecule has 0 unspecified atom stereocenters. The molecular formula is C20H25N3O2. The Kier molecular flexibility index (Phi) is 5.91. The summed E-state index contributed by atoms with van der Waals surface area (Å²) in [7, 11) is 0. The van der Waals surface area contributed by atoms with Gasteiger partial charge in [-0.25, -0.2) is 0 Å². The number of amides is 2. The fourth-order valence-corrected chi connectivity index (χ4v) is 2.33. The maximum absolute atomic E-state index is 12.1. The first-order chi connectivity index (χ1) is 11.8. The summed E-state index contributed by atoms with van der Waals surface area (Å²) in [6.45, 7) is 8.54. The van der Waals surface area contributed by atoms with Crippen molar-refractivity contribution in [3.8, 4) is 0 Å². The third-order valence-corrected chi connectivity index (χ3v) is 3.84. The summed E-state index contributed by atoms with van der Waals surface area (Å²) in [4.78, 5) is 28.3. The number of pyridine rings is 1. The lowest BCUT2D eigenvalue weighted by Gasteiger charge is -2.19. The fourth-order valence-electron chi connectivity index (χ4n) is 2.33. The minimum Gasteiger partial charge on any atom is -0.349 e.